The van der Waals surface area contributed by atoms with Crippen LogP contribution in [0.5, 0.6) is 0 Å². The van der Waals surface area contributed by atoms with Crippen molar-refractivity contribution in [1.82, 2.24) is 4.90 Å². The Labute approximate surface area is 85.7 Å². The van der Waals surface area contributed by atoms with E-state index < -0.39 is 0 Å². The van der Waals surface area contributed by atoms with E-state index in [4.69, 9.17) is 0 Å². The second-order valence-electron chi connectivity index (χ2n) is 5.45. The standard InChI is InChI=1S/C12H19NO/c14-11-3-7-13(8-4-11)9-12(5-6-12)10-1-2-10/h10H,1-9H2. The van der Waals surface area contributed by atoms with Crippen LogP contribution in [0.4, 0.5) is 0 Å². The van der Waals surface area contributed by atoms with Gasteiger partial charge in [-0.15, -0.1) is 0 Å². The van der Waals surface area contributed by atoms with Gasteiger partial charge in [0.15, 0.2) is 0 Å². The van der Waals surface area contributed by atoms with Crippen LogP contribution in [0.25, 0.3) is 0 Å². The van der Waals surface area contributed by atoms with Gasteiger partial charge in [0.25, 0.3) is 0 Å². The molecule has 1 aliphatic heterocycles. The van der Waals surface area contributed by atoms with E-state index in [-0.39, 0.29) is 0 Å². The number of carbonyl (C=O) groups excluding carboxylic acids is 1. The Morgan fingerprint density at radius 1 is 1.21 bits per heavy atom. The third kappa shape index (κ3) is 1.60. The zero-order chi connectivity index (χ0) is 9.60. The maximum atomic E-state index is 11.1. The molecular weight excluding hydrogens is 174 g/mol. The lowest BCUT2D eigenvalue weighted by molar-refractivity contribution is -0.121. The topological polar surface area (TPSA) is 20.3 Å². The molecule has 0 amide bonds. The molecule has 2 aliphatic carbocycles. The molecule has 0 spiro atoms. The number of rotatable bonds is 3. The average Bonchev–Trinajstić information content (AvgIpc) is 3.00. The second-order valence-corrected chi connectivity index (χ2v) is 5.45. The Kier molecular flexibility index (Phi) is 1.94. The van der Waals surface area contributed by atoms with Gasteiger partial charge in [-0.05, 0) is 37.0 Å². The van der Waals surface area contributed by atoms with E-state index >= 15 is 0 Å². The number of Topliss-reactive ketones (excluding diaryl/α,β-unsaturated/α-hetero) is 1. The summed E-state index contributed by atoms with van der Waals surface area (Å²) in [7, 11) is 0. The molecule has 0 aromatic heterocycles. The Morgan fingerprint density at radius 2 is 1.86 bits per heavy atom. The van der Waals surface area contributed by atoms with Crippen LogP contribution in [0.3, 0.4) is 0 Å². The highest BCUT2D eigenvalue weighted by atomic mass is 16.1. The lowest BCUT2D eigenvalue weighted by Crippen LogP contribution is -2.38. The van der Waals surface area contributed by atoms with E-state index in [1.165, 1.54) is 32.2 Å². The van der Waals surface area contributed by atoms with Crippen molar-refractivity contribution >= 4 is 5.78 Å². The molecule has 14 heavy (non-hydrogen) atoms. The van der Waals surface area contributed by atoms with Crippen LogP contribution >= 0.6 is 0 Å². The third-order valence-corrected chi connectivity index (χ3v) is 4.29. The van der Waals surface area contributed by atoms with Crippen LogP contribution in [0.1, 0.15) is 38.5 Å². The van der Waals surface area contributed by atoms with Gasteiger partial charge in [0.1, 0.15) is 5.78 Å². The van der Waals surface area contributed by atoms with E-state index in [2.05, 4.69) is 4.90 Å². The molecule has 0 N–H and O–H groups in total. The van der Waals surface area contributed by atoms with Crippen LogP contribution in [-0.2, 0) is 4.79 Å². The van der Waals surface area contributed by atoms with Gasteiger partial charge in [0.05, 0.1) is 0 Å². The highest BCUT2D eigenvalue weighted by molar-refractivity contribution is 5.79. The molecule has 2 nitrogen and oxygen atoms in total. The monoisotopic (exact) mass is 193 g/mol. The van der Waals surface area contributed by atoms with E-state index in [1.54, 1.807) is 0 Å². The van der Waals surface area contributed by atoms with Gasteiger partial charge in [-0.2, -0.15) is 0 Å². The van der Waals surface area contributed by atoms with E-state index in [1.807, 2.05) is 0 Å². The number of hydrogen-bond donors (Lipinski definition) is 0. The fraction of sp³-hybridized carbons (Fsp3) is 0.917. The normalized spacial score (nSPS) is 31.9. The molecule has 0 aromatic rings. The first kappa shape index (κ1) is 8.90. The maximum absolute atomic E-state index is 11.1. The summed E-state index contributed by atoms with van der Waals surface area (Å²) in [5.74, 6) is 1.53. The predicted octanol–water partition coefficient (Wildman–Crippen LogP) is 1.84. The molecular formula is C12H19NO. The molecule has 0 radical (unpaired) electrons. The summed E-state index contributed by atoms with van der Waals surface area (Å²) in [6.07, 6.45) is 7.49. The summed E-state index contributed by atoms with van der Waals surface area (Å²) in [6, 6.07) is 0. The first-order valence-corrected chi connectivity index (χ1v) is 6.03. The van der Waals surface area contributed by atoms with Gasteiger partial charge in [0, 0.05) is 32.5 Å². The largest absolute Gasteiger partial charge is 0.302 e. The molecule has 1 saturated heterocycles. The fourth-order valence-corrected chi connectivity index (χ4v) is 2.96. The van der Waals surface area contributed by atoms with Gasteiger partial charge >= 0.3 is 0 Å². The maximum Gasteiger partial charge on any atom is 0.135 e. The van der Waals surface area contributed by atoms with Crippen molar-refractivity contribution in [2.75, 3.05) is 19.6 Å². The van der Waals surface area contributed by atoms with Gasteiger partial charge < -0.3 is 4.90 Å². The summed E-state index contributed by atoms with van der Waals surface area (Å²) < 4.78 is 0. The fourth-order valence-electron chi connectivity index (χ4n) is 2.96. The average molecular weight is 193 g/mol. The molecule has 78 valence electrons. The summed E-state index contributed by atoms with van der Waals surface area (Å²) in [4.78, 5) is 13.6. The summed E-state index contributed by atoms with van der Waals surface area (Å²) >= 11 is 0. The van der Waals surface area contributed by atoms with E-state index in [9.17, 15) is 4.79 Å². The summed E-state index contributed by atoms with van der Waals surface area (Å²) in [5, 5.41) is 0. The van der Waals surface area contributed by atoms with Crippen molar-refractivity contribution in [3.8, 4) is 0 Å². The first-order valence-electron chi connectivity index (χ1n) is 6.03. The number of hydrogen-bond acceptors (Lipinski definition) is 2. The molecule has 0 aromatic carbocycles. The number of carbonyl (C=O) groups is 1. The first-order chi connectivity index (χ1) is 6.78. The minimum Gasteiger partial charge on any atom is -0.302 e. The smallest absolute Gasteiger partial charge is 0.135 e. The molecule has 3 rings (SSSR count). The second kappa shape index (κ2) is 3.06. The van der Waals surface area contributed by atoms with Crippen molar-refractivity contribution in [2.45, 2.75) is 38.5 Å². The molecule has 2 saturated carbocycles. The summed E-state index contributed by atoms with van der Waals surface area (Å²) in [5.41, 5.74) is 0.723. The molecule has 3 fully saturated rings. The van der Waals surface area contributed by atoms with Crippen molar-refractivity contribution in [2.24, 2.45) is 11.3 Å². The highest BCUT2D eigenvalue weighted by Crippen LogP contribution is 2.61. The van der Waals surface area contributed by atoms with Crippen molar-refractivity contribution in [1.29, 1.82) is 0 Å². The molecule has 1 heterocycles. The number of piperidine rings is 1. The van der Waals surface area contributed by atoms with Gasteiger partial charge in [-0.3, -0.25) is 4.79 Å². The van der Waals surface area contributed by atoms with Crippen LogP contribution in [0.2, 0.25) is 0 Å². The number of likely N-dealkylation sites (tertiary alicyclic amines) is 1. The van der Waals surface area contributed by atoms with Gasteiger partial charge in [-0.1, -0.05) is 0 Å². The van der Waals surface area contributed by atoms with Crippen molar-refractivity contribution < 1.29 is 4.79 Å². The number of ketones is 1. The van der Waals surface area contributed by atoms with Gasteiger partial charge in [0.2, 0.25) is 0 Å². The Hall–Kier alpha value is -0.370. The highest BCUT2D eigenvalue weighted by Gasteiger charge is 2.54. The lowest BCUT2D eigenvalue weighted by atomic mass is 9.98. The summed E-state index contributed by atoms with van der Waals surface area (Å²) in [6.45, 7) is 3.37. The zero-order valence-corrected chi connectivity index (χ0v) is 8.80. The van der Waals surface area contributed by atoms with Crippen molar-refractivity contribution in [3.63, 3.8) is 0 Å². The Bertz CT molecular complexity index is 243. The predicted molar refractivity (Wildman–Crippen MR) is 55.1 cm³/mol. The van der Waals surface area contributed by atoms with Crippen LogP contribution in [-0.4, -0.2) is 30.3 Å². The Balaban J connectivity index is 1.54. The van der Waals surface area contributed by atoms with Crippen LogP contribution in [0.15, 0.2) is 0 Å². The van der Waals surface area contributed by atoms with Gasteiger partial charge in [-0.25, -0.2) is 0 Å². The zero-order valence-electron chi connectivity index (χ0n) is 8.80. The molecule has 0 unspecified atom stereocenters. The lowest BCUT2D eigenvalue weighted by Gasteiger charge is -2.30. The van der Waals surface area contributed by atoms with Crippen LogP contribution in [0, 0.1) is 11.3 Å². The molecule has 3 aliphatic rings. The molecule has 2 heteroatoms. The SMILES string of the molecule is O=C1CCN(CC2(C3CC3)CC2)CC1. The minimum absolute atomic E-state index is 0.470. The number of nitrogens with zero attached hydrogens (tertiary/aromatic N) is 1. The van der Waals surface area contributed by atoms with Crippen molar-refractivity contribution in [3.05, 3.63) is 0 Å². The quantitative estimate of drug-likeness (QED) is 0.681. The van der Waals surface area contributed by atoms with E-state index in [0.717, 1.165) is 37.3 Å². The Morgan fingerprint density at radius 3 is 2.36 bits per heavy atom. The van der Waals surface area contributed by atoms with Crippen LogP contribution < -0.4 is 0 Å². The van der Waals surface area contributed by atoms with E-state index in [0.29, 0.717) is 5.78 Å². The molecule has 0 atom stereocenters. The molecule has 0 bridgehead atoms. The minimum atomic E-state index is 0.470. The third-order valence-electron chi connectivity index (χ3n) is 4.29.